The van der Waals surface area contributed by atoms with Crippen LogP contribution in [0, 0.1) is 11.3 Å². The Morgan fingerprint density at radius 1 is 1.15 bits per heavy atom. The average molecular weight is 376 g/mol. The normalized spacial score (nSPS) is 15.3. The highest BCUT2D eigenvalue weighted by Crippen LogP contribution is 2.20. The first-order chi connectivity index (χ1) is 12.8. The minimum atomic E-state index is -0.428. The maximum Gasteiger partial charge on any atom is 0.411 e. The highest BCUT2D eigenvalue weighted by atomic mass is 16.6. The molecule has 0 saturated carbocycles. The highest BCUT2D eigenvalue weighted by Gasteiger charge is 2.25. The molecule has 0 aliphatic carbocycles. The van der Waals surface area contributed by atoms with Crippen LogP contribution in [0.1, 0.15) is 46.1 Å². The molecule has 6 nitrogen and oxygen atoms in total. The molecule has 1 heterocycles. The van der Waals surface area contributed by atoms with Crippen LogP contribution in [0.25, 0.3) is 0 Å². The summed E-state index contributed by atoms with van der Waals surface area (Å²) in [7, 11) is 0. The van der Waals surface area contributed by atoms with E-state index in [1.165, 1.54) is 0 Å². The van der Waals surface area contributed by atoms with Gasteiger partial charge in [-0.05, 0) is 42.2 Å². The van der Waals surface area contributed by atoms with Gasteiger partial charge in [-0.3, -0.25) is 5.32 Å². The zero-order chi connectivity index (χ0) is 19.9. The molecule has 1 saturated heterocycles. The summed E-state index contributed by atoms with van der Waals surface area (Å²) in [5, 5.41) is 2.81. The number of nitrogens with zero attached hydrogens (tertiary/aromatic N) is 1. The van der Waals surface area contributed by atoms with Gasteiger partial charge in [0.15, 0.2) is 0 Å². The lowest BCUT2D eigenvalue weighted by Gasteiger charge is -2.31. The Balaban J connectivity index is 1.70. The molecule has 1 fully saturated rings. The molecule has 2 amide bonds. The summed E-state index contributed by atoms with van der Waals surface area (Å²) in [4.78, 5) is 25.9. The van der Waals surface area contributed by atoms with E-state index in [9.17, 15) is 9.59 Å². The predicted octanol–water partition coefficient (Wildman–Crippen LogP) is 4.69. The molecule has 150 valence electrons. The van der Waals surface area contributed by atoms with Crippen molar-refractivity contribution >= 4 is 17.9 Å². The Bertz CT molecular complexity index is 631. The van der Waals surface area contributed by atoms with E-state index < -0.39 is 6.09 Å². The molecule has 2 rings (SSSR count). The van der Waals surface area contributed by atoms with Crippen LogP contribution in [-0.4, -0.2) is 43.4 Å². The molecule has 0 atom stereocenters. The number of likely N-dealkylation sites (tertiary alicyclic amines) is 1. The monoisotopic (exact) mass is 376 g/mol. The Morgan fingerprint density at radius 2 is 1.81 bits per heavy atom. The van der Waals surface area contributed by atoms with Gasteiger partial charge in [-0.25, -0.2) is 9.59 Å². The number of aryl methyl sites for hydroxylation is 1. The zero-order valence-electron chi connectivity index (χ0n) is 16.9. The van der Waals surface area contributed by atoms with Gasteiger partial charge in [0.05, 0.1) is 13.2 Å². The fourth-order valence-electron chi connectivity index (χ4n) is 2.94. The summed E-state index contributed by atoms with van der Waals surface area (Å²) in [6, 6.07) is 7.71. The molecule has 27 heavy (non-hydrogen) atoms. The van der Waals surface area contributed by atoms with E-state index >= 15 is 0 Å². The summed E-state index contributed by atoms with van der Waals surface area (Å²) in [5.74, 6) is 0.267. The Morgan fingerprint density at radius 3 is 2.44 bits per heavy atom. The van der Waals surface area contributed by atoms with Crippen LogP contribution < -0.4 is 5.32 Å². The van der Waals surface area contributed by atoms with E-state index in [0.29, 0.717) is 26.3 Å². The maximum atomic E-state index is 12.1. The third kappa shape index (κ3) is 7.12. The van der Waals surface area contributed by atoms with Crippen molar-refractivity contribution in [2.75, 3.05) is 31.6 Å². The zero-order valence-corrected chi connectivity index (χ0v) is 16.9. The van der Waals surface area contributed by atoms with E-state index in [0.717, 1.165) is 30.5 Å². The number of ether oxygens (including phenoxy) is 2. The van der Waals surface area contributed by atoms with E-state index in [1.807, 2.05) is 52.0 Å². The lowest BCUT2D eigenvalue weighted by Crippen LogP contribution is -2.40. The van der Waals surface area contributed by atoms with Gasteiger partial charge in [0.2, 0.25) is 0 Å². The number of hydrogen-bond acceptors (Lipinski definition) is 4. The second-order valence-corrected chi connectivity index (χ2v) is 8.28. The van der Waals surface area contributed by atoms with Gasteiger partial charge in [0, 0.05) is 18.8 Å². The molecule has 6 heteroatoms. The molecule has 1 N–H and O–H groups in total. The first kappa shape index (κ1) is 21.1. The van der Waals surface area contributed by atoms with Crippen LogP contribution in [0.4, 0.5) is 15.3 Å². The number of carbonyl (C=O) groups is 2. The molecular weight excluding hydrogens is 344 g/mol. The Kier molecular flexibility index (Phi) is 7.51. The molecule has 1 aliphatic heterocycles. The Labute approximate surface area is 162 Å². The molecule has 0 bridgehead atoms. The van der Waals surface area contributed by atoms with Gasteiger partial charge in [-0.1, -0.05) is 45.9 Å². The second-order valence-electron chi connectivity index (χ2n) is 8.28. The van der Waals surface area contributed by atoms with Crippen molar-refractivity contribution in [1.29, 1.82) is 0 Å². The summed E-state index contributed by atoms with van der Waals surface area (Å²) < 4.78 is 10.7. The number of rotatable bonds is 5. The van der Waals surface area contributed by atoms with Crippen molar-refractivity contribution in [3.05, 3.63) is 29.8 Å². The molecule has 1 aromatic carbocycles. The van der Waals surface area contributed by atoms with E-state index in [1.54, 1.807) is 4.90 Å². The Hall–Kier alpha value is -2.24. The lowest BCUT2D eigenvalue weighted by molar-refractivity contribution is 0.0546. The molecular formula is C21H32N2O4. The van der Waals surface area contributed by atoms with Crippen LogP contribution in [0.3, 0.4) is 0 Å². The second kappa shape index (κ2) is 9.62. The smallest absolute Gasteiger partial charge is 0.411 e. The van der Waals surface area contributed by atoms with Crippen LogP contribution in [-0.2, 0) is 15.9 Å². The van der Waals surface area contributed by atoms with Crippen molar-refractivity contribution in [1.82, 2.24) is 4.90 Å². The van der Waals surface area contributed by atoms with Crippen molar-refractivity contribution in [2.24, 2.45) is 11.3 Å². The highest BCUT2D eigenvalue weighted by molar-refractivity contribution is 5.85. The third-order valence-corrected chi connectivity index (χ3v) is 4.59. The molecule has 0 aromatic heterocycles. The number of benzene rings is 1. The molecule has 1 aliphatic rings. The molecule has 0 radical (unpaired) electrons. The van der Waals surface area contributed by atoms with E-state index in [2.05, 4.69) is 5.32 Å². The van der Waals surface area contributed by atoms with Crippen LogP contribution in [0.2, 0.25) is 0 Å². The largest absolute Gasteiger partial charge is 0.449 e. The van der Waals surface area contributed by atoms with Crippen molar-refractivity contribution in [3.63, 3.8) is 0 Å². The summed E-state index contributed by atoms with van der Waals surface area (Å²) in [6.07, 6.45) is 1.79. The number of para-hydroxylation sites is 1. The quantitative estimate of drug-likeness (QED) is 0.809. The first-order valence-electron chi connectivity index (χ1n) is 9.72. The molecule has 0 spiro atoms. The minimum absolute atomic E-state index is 0.0361. The van der Waals surface area contributed by atoms with Gasteiger partial charge in [0.1, 0.15) is 0 Å². The van der Waals surface area contributed by atoms with E-state index in [-0.39, 0.29) is 17.4 Å². The van der Waals surface area contributed by atoms with Gasteiger partial charge in [-0.2, -0.15) is 0 Å². The fourth-order valence-corrected chi connectivity index (χ4v) is 2.94. The van der Waals surface area contributed by atoms with Gasteiger partial charge >= 0.3 is 12.2 Å². The number of nitrogens with one attached hydrogen (secondary N) is 1. The minimum Gasteiger partial charge on any atom is -0.449 e. The van der Waals surface area contributed by atoms with Gasteiger partial charge in [0.25, 0.3) is 0 Å². The standard InChI is InChI=1S/C21H32N2O4/c1-5-17-8-6-7-9-18(17)22-19(24)26-14-16-10-12-23(13-11-16)20(25)27-15-21(2,3)4/h6-9,16H,5,10-15H2,1-4H3,(H,22,24). The topological polar surface area (TPSA) is 67.9 Å². The van der Waals surface area contributed by atoms with Crippen LogP contribution >= 0.6 is 0 Å². The van der Waals surface area contributed by atoms with E-state index in [4.69, 9.17) is 9.47 Å². The summed E-state index contributed by atoms with van der Waals surface area (Å²) >= 11 is 0. The van der Waals surface area contributed by atoms with Gasteiger partial charge < -0.3 is 14.4 Å². The lowest BCUT2D eigenvalue weighted by atomic mass is 9.98. The average Bonchev–Trinajstić information content (AvgIpc) is 2.64. The molecule has 0 unspecified atom stereocenters. The van der Waals surface area contributed by atoms with Crippen LogP contribution in [0.15, 0.2) is 24.3 Å². The SMILES string of the molecule is CCc1ccccc1NC(=O)OCC1CCN(C(=O)OCC(C)(C)C)CC1. The van der Waals surface area contributed by atoms with Crippen molar-refractivity contribution in [2.45, 2.75) is 47.0 Å². The summed E-state index contributed by atoms with van der Waals surface area (Å²) in [6.45, 7) is 10.2. The van der Waals surface area contributed by atoms with Crippen molar-refractivity contribution in [3.8, 4) is 0 Å². The maximum absolute atomic E-state index is 12.1. The van der Waals surface area contributed by atoms with Gasteiger partial charge in [-0.15, -0.1) is 0 Å². The number of hydrogen-bond donors (Lipinski definition) is 1. The molecule has 1 aromatic rings. The number of piperidine rings is 1. The predicted molar refractivity (Wildman–Crippen MR) is 106 cm³/mol. The van der Waals surface area contributed by atoms with Crippen molar-refractivity contribution < 1.29 is 19.1 Å². The number of anilines is 1. The third-order valence-electron chi connectivity index (χ3n) is 4.59. The fraction of sp³-hybridized carbons (Fsp3) is 0.619. The van der Waals surface area contributed by atoms with Crippen LogP contribution in [0.5, 0.6) is 0 Å². The summed E-state index contributed by atoms with van der Waals surface area (Å²) in [5.41, 5.74) is 1.84. The number of amides is 2. The number of carbonyl (C=O) groups excluding carboxylic acids is 2. The first-order valence-corrected chi connectivity index (χ1v) is 9.72.